The highest BCUT2D eigenvalue weighted by molar-refractivity contribution is 6.31. The van der Waals surface area contributed by atoms with Crippen LogP contribution in [0.3, 0.4) is 0 Å². The molecule has 168 valence electrons. The Morgan fingerprint density at radius 3 is 2.65 bits per heavy atom. The number of carbonyl (C=O) groups excluding carboxylic acids is 2. The number of rotatable bonds is 9. The summed E-state index contributed by atoms with van der Waals surface area (Å²) in [5.41, 5.74) is 5.71. The van der Waals surface area contributed by atoms with E-state index in [0.717, 1.165) is 0 Å². The Morgan fingerprint density at radius 2 is 2.00 bits per heavy atom. The summed E-state index contributed by atoms with van der Waals surface area (Å²) in [5, 5.41) is 5.34. The number of amides is 3. The van der Waals surface area contributed by atoms with Crippen molar-refractivity contribution in [3.63, 3.8) is 0 Å². The molecule has 0 saturated carbocycles. The Bertz CT molecular complexity index is 872. The normalized spacial score (nSPS) is 12.5. The molecule has 1 aromatic carbocycles. The van der Waals surface area contributed by atoms with Gasteiger partial charge in [0, 0.05) is 23.8 Å². The van der Waals surface area contributed by atoms with Gasteiger partial charge in [0.15, 0.2) is 0 Å². The largest absolute Gasteiger partial charge is 0.447 e. The fourth-order valence-corrected chi connectivity index (χ4v) is 2.98. The molecule has 11 heteroatoms. The lowest BCUT2D eigenvalue weighted by molar-refractivity contribution is 0.109. The lowest BCUT2D eigenvalue weighted by Gasteiger charge is -2.28. The summed E-state index contributed by atoms with van der Waals surface area (Å²) in [5.74, 6) is 0.263. The standard InChI is InChI=1S/C20H24Cl2FN5O3/c1-28(19(29)27-18(23)15-6-2-3-7-16(15)22)14(5-4-10-24)12-31-20(30)26-17-9-8-13(21)11-25-17/h2-3,6-9,11,14,18H,4-5,10,12,24H2,1H3,(H,27,29)(H,25,26,30)/t14-,18?/m0/s1. The number of carbonyl (C=O) groups is 2. The molecule has 0 fully saturated rings. The molecular weight excluding hydrogens is 448 g/mol. The van der Waals surface area contributed by atoms with Crippen LogP contribution >= 0.6 is 23.2 Å². The Labute approximate surface area is 189 Å². The molecule has 0 saturated heterocycles. The number of aromatic nitrogens is 1. The van der Waals surface area contributed by atoms with Crippen LogP contribution < -0.4 is 16.4 Å². The molecule has 0 aliphatic rings. The van der Waals surface area contributed by atoms with Gasteiger partial charge in [0.05, 0.1) is 11.1 Å². The van der Waals surface area contributed by atoms with E-state index in [1.807, 2.05) is 0 Å². The molecule has 2 atom stereocenters. The van der Waals surface area contributed by atoms with Gasteiger partial charge in [-0.05, 0) is 37.6 Å². The summed E-state index contributed by atoms with van der Waals surface area (Å²) in [4.78, 5) is 29.8. The Balaban J connectivity index is 1.94. The number of alkyl halides is 1. The van der Waals surface area contributed by atoms with Crippen molar-refractivity contribution < 1.29 is 18.7 Å². The minimum Gasteiger partial charge on any atom is -0.447 e. The van der Waals surface area contributed by atoms with Crippen molar-refractivity contribution in [1.82, 2.24) is 15.2 Å². The molecule has 1 unspecified atom stereocenters. The third-order valence-corrected chi connectivity index (χ3v) is 4.97. The molecule has 1 aromatic heterocycles. The Morgan fingerprint density at radius 1 is 1.26 bits per heavy atom. The second-order valence-corrected chi connectivity index (χ2v) is 7.46. The highest BCUT2D eigenvalue weighted by atomic mass is 35.5. The lowest BCUT2D eigenvalue weighted by atomic mass is 10.1. The topological polar surface area (TPSA) is 110 Å². The highest BCUT2D eigenvalue weighted by Gasteiger charge is 2.24. The minimum atomic E-state index is -1.79. The fraction of sp³-hybridized carbons (Fsp3) is 0.350. The number of pyridine rings is 1. The molecule has 0 aliphatic carbocycles. The molecule has 0 bridgehead atoms. The van der Waals surface area contributed by atoms with E-state index in [1.165, 1.54) is 36.3 Å². The zero-order valence-electron chi connectivity index (χ0n) is 16.9. The second kappa shape index (κ2) is 12.3. The van der Waals surface area contributed by atoms with E-state index in [-0.39, 0.29) is 23.0 Å². The molecule has 2 rings (SSSR count). The van der Waals surface area contributed by atoms with Gasteiger partial charge in [-0.2, -0.15) is 0 Å². The van der Waals surface area contributed by atoms with Gasteiger partial charge in [0.25, 0.3) is 0 Å². The first-order valence-electron chi connectivity index (χ1n) is 9.49. The highest BCUT2D eigenvalue weighted by Crippen LogP contribution is 2.23. The van der Waals surface area contributed by atoms with E-state index in [2.05, 4.69) is 15.6 Å². The van der Waals surface area contributed by atoms with Crippen LogP contribution in [0.15, 0.2) is 42.6 Å². The minimum absolute atomic E-state index is 0.119. The molecule has 0 radical (unpaired) electrons. The maximum Gasteiger partial charge on any atom is 0.412 e. The number of hydrogen-bond donors (Lipinski definition) is 3. The molecular formula is C20H24Cl2FN5O3. The predicted molar refractivity (Wildman–Crippen MR) is 118 cm³/mol. The van der Waals surface area contributed by atoms with Gasteiger partial charge in [-0.15, -0.1) is 0 Å². The summed E-state index contributed by atoms with van der Waals surface area (Å²) in [6.45, 7) is 0.268. The summed E-state index contributed by atoms with van der Waals surface area (Å²) in [7, 11) is 1.48. The number of urea groups is 1. The van der Waals surface area contributed by atoms with E-state index in [4.69, 9.17) is 33.7 Å². The number of halogens is 3. The quantitative estimate of drug-likeness (QED) is 0.470. The maximum atomic E-state index is 14.5. The summed E-state index contributed by atoms with van der Waals surface area (Å²) in [6, 6.07) is 8.18. The van der Waals surface area contributed by atoms with Crippen LogP contribution in [-0.2, 0) is 4.74 Å². The van der Waals surface area contributed by atoms with Gasteiger partial charge in [-0.25, -0.2) is 19.0 Å². The van der Waals surface area contributed by atoms with Crippen LogP contribution in [0.5, 0.6) is 0 Å². The van der Waals surface area contributed by atoms with Crippen molar-refractivity contribution in [1.29, 1.82) is 0 Å². The molecule has 2 aromatic rings. The SMILES string of the molecule is CN(C(=O)NC(F)c1ccccc1Cl)[C@@H](CCCN)COC(=O)Nc1ccc(Cl)cn1. The van der Waals surface area contributed by atoms with Gasteiger partial charge in [-0.1, -0.05) is 41.4 Å². The molecule has 0 aliphatic heterocycles. The maximum absolute atomic E-state index is 14.5. The van der Waals surface area contributed by atoms with E-state index in [9.17, 15) is 14.0 Å². The van der Waals surface area contributed by atoms with Crippen molar-refractivity contribution in [3.05, 3.63) is 58.2 Å². The fourth-order valence-electron chi connectivity index (χ4n) is 2.64. The zero-order chi connectivity index (χ0) is 22.8. The third-order valence-electron chi connectivity index (χ3n) is 4.40. The van der Waals surface area contributed by atoms with Crippen LogP contribution in [0.25, 0.3) is 0 Å². The smallest absolute Gasteiger partial charge is 0.412 e. The van der Waals surface area contributed by atoms with Crippen LogP contribution in [-0.4, -0.2) is 48.2 Å². The molecule has 3 amide bonds. The van der Waals surface area contributed by atoms with E-state index >= 15 is 0 Å². The number of nitrogens with zero attached hydrogens (tertiary/aromatic N) is 2. The third kappa shape index (κ3) is 7.86. The van der Waals surface area contributed by atoms with E-state index in [0.29, 0.717) is 24.4 Å². The van der Waals surface area contributed by atoms with Crippen LogP contribution in [0.2, 0.25) is 10.0 Å². The van der Waals surface area contributed by atoms with Gasteiger partial charge in [0.1, 0.15) is 12.4 Å². The Kier molecular flexibility index (Phi) is 9.77. The average Bonchev–Trinajstić information content (AvgIpc) is 2.75. The second-order valence-electron chi connectivity index (χ2n) is 6.61. The number of nitrogens with two attached hydrogens (primary N) is 1. The van der Waals surface area contributed by atoms with Crippen LogP contribution in [0, 0.1) is 0 Å². The van der Waals surface area contributed by atoms with Crippen LogP contribution in [0.4, 0.5) is 19.8 Å². The number of nitrogens with one attached hydrogen (secondary N) is 2. The number of likely N-dealkylation sites (N-methyl/N-ethyl adjacent to an activating group) is 1. The average molecular weight is 472 g/mol. The van der Waals surface area contributed by atoms with Gasteiger partial charge in [-0.3, -0.25) is 5.32 Å². The first-order chi connectivity index (χ1) is 14.8. The first kappa shape index (κ1) is 24.6. The van der Waals surface area contributed by atoms with Gasteiger partial charge in [0.2, 0.25) is 6.30 Å². The van der Waals surface area contributed by atoms with Crippen LogP contribution in [0.1, 0.15) is 24.7 Å². The van der Waals surface area contributed by atoms with Crippen molar-refractivity contribution in [2.24, 2.45) is 5.73 Å². The summed E-state index contributed by atoms with van der Waals surface area (Å²) < 4.78 is 19.7. The molecule has 0 spiro atoms. The van der Waals surface area contributed by atoms with Gasteiger partial charge < -0.3 is 20.7 Å². The van der Waals surface area contributed by atoms with Crippen molar-refractivity contribution in [2.45, 2.75) is 25.2 Å². The monoisotopic (exact) mass is 471 g/mol. The molecule has 4 N–H and O–H groups in total. The van der Waals surface area contributed by atoms with E-state index in [1.54, 1.807) is 18.2 Å². The molecule has 1 heterocycles. The first-order valence-corrected chi connectivity index (χ1v) is 10.2. The Hall–Kier alpha value is -2.62. The zero-order valence-corrected chi connectivity index (χ0v) is 18.4. The summed E-state index contributed by atoms with van der Waals surface area (Å²) in [6.07, 6.45) is -0.128. The van der Waals surface area contributed by atoms with Gasteiger partial charge >= 0.3 is 12.1 Å². The number of ether oxygens (including phenoxy) is 1. The van der Waals surface area contributed by atoms with E-state index < -0.39 is 24.5 Å². The van der Waals surface area contributed by atoms with Crippen molar-refractivity contribution in [2.75, 3.05) is 25.5 Å². The number of hydrogen-bond acceptors (Lipinski definition) is 5. The number of anilines is 1. The van der Waals surface area contributed by atoms with Crippen molar-refractivity contribution in [3.8, 4) is 0 Å². The molecule has 8 nitrogen and oxygen atoms in total. The van der Waals surface area contributed by atoms with Crippen molar-refractivity contribution >= 4 is 41.1 Å². The predicted octanol–water partition coefficient (Wildman–Crippen LogP) is 4.35. The lowest BCUT2D eigenvalue weighted by Crippen LogP contribution is -2.46. The molecule has 31 heavy (non-hydrogen) atoms. The summed E-state index contributed by atoms with van der Waals surface area (Å²) >= 11 is 11.7. The number of benzene rings is 1.